The molecule has 13 heteroatoms. The molecule has 3 amide bonds. The summed E-state index contributed by atoms with van der Waals surface area (Å²) in [5.74, 6) is -1.48. The second-order valence-electron chi connectivity index (χ2n) is 10.8. The molecule has 3 aromatic carbocycles. The van der Waals surface area contributed by atoms with E-state index in [9.17, 15) is 29.8 Å². The highest BCUT2D eigenvalue weighted by Crippen LogP contribution is 2.43. The van der Waals surface area contributed by atoms with Gasteiger partial charge in [-0.2, -0.15) is 5.26 Å². The predicted octanol–water partition coefficient (Wildman–Crippen LogP) is 7.54. The summed E-state index contributed by atoms with van der Waals surface area (Å²) in [5.41, 5.74) is 2.24. The Morgan fingerprint density at radius 2 is 1.87 bits per heavy atom. The van der Waals surface area contributed by atoms with Crippen molar-refractivity contribution < 1.29 is 19.3 Å². The average molecular weight is 658 g/mol. The van der Waals surface area contributed by atoms with E-state index in [-0.39, 0.29) is 34.9 Å². The third-order valence-corrected chi connectivity index (χ3v) is 10.5. The fraction of sp³-hybridized carbons (Fsp3) is 0.219. The molecule has 4 aromatic rings. The summed E-state index contributed by atoms with van der Waals surface area (Å²) in [6, 6.07) is 16.5. The summed E-state index contributed by atoms with van der Waals surface area (Å²) in [6.45, 7) is 1.82. The molecule has 226 valence electrons. The van der Waals surface area contributed by atoms with Crippen LogP contribution in [0.4, 0.5) is 17.1 Å². The minimum absolute atomic E-state index is 0.149. The molecule has 10 nitrogen and oxygen atoms in total. The molecule has 0 unspecified atom stereocenters. The Balaban J connectivity index is 1.22. The third kappa shape index (κ3) is 6.07. The maximum absolute atomic E-state index is 13.1. The number of benzene rings is 3. The van der Waals surface area contributed by atoms with Gasteiger partial charge in [-0.15, -0.1) is 11.3 Å². The van der Waals surface area contributed by atoms with Crippen molar-refractivity contribution in [1.82, 2.24) is 4.98 Å². The number of nitro benzene ring substituents is 1. The molecule has 0 radical (unpaired) electrons. The van der Waals surface area contributed by atoms with Gasteiger partial charge in [0.2, 0.25) is 11.8 Å². The minimum Gasteiger partial charge on any atom is -0.321 e. The number of hydrogen-bond donors (Lipinski definition) is 1. The highest BCUT2D eigenvalue weighted by molar-refractivity contribution is 8.01. The molecular weight excluding hydrogens is 634 g/mol. The van der Waals surface area contributed by atoms with Crippen LogP contribution >= 0.6 is 34.7 Å². The average Bonchev–Trinajstić information content (AvgIpc) is 3.54. The van der Waals surface area contributed by atoms with Crippen molar-refractivity contribution in [2.75, 3.05) is 10.2 Å². The van der Waals surface area contributed by atoms with Crippen molar-refractivity contribution in [3.8, 4) is 6.07 Å². The monoisotopic (exact) mass is 657 g/mol. The van der Waals surface area contributed by atoms with Gasteiger partial charge in [-0.3, -0.25) is 29.4 Å². The highest BCUT2D eigenvalue weighted by Gasteiger charge is 2.48. The van der Waals surface area contributed by atoms with Crippen LogP contribution in [-0.4, -0.2) is 27.6 Å². The van der Waals surface area contributed by atoms with Crippen molar-refractivity contribution in [1.29, 1.82) is 5.26 Å². The lowest BCUT2D eigenvalue weighted by molar-refractivity contribution is -0.387. The summed E-state index contributed by atoms with van der Waals surface area (Å²) >= 11 is 8.53. The maximum Gasteiger partial charge on any atom is 0.283 e. The van der Waals surface area contributed by atoms with Gasteiger partial charge < -0.3 is 5.32 Å². The zero-order valence-electron chi connectivity index (χ0n) is 23.8. The fourth-order valence-electron chi connectivity index (χ4n) is 5.62. The van der Waals surface area contributed by atoms with E-state index in [1.165, 1.54) is 28.4 Å². The van der Waals surface area contributed by atoms with Crippen molar-refractivity contribution >= 4 is 85.8 Å². The second kappa shape index (κ2) is 12.4. The number of amides is 3. The van der Waals surface area contributed by atoms with E-state index in [2.05, 4.69) is 10.3 Å². The molecule has 0 spiro atoms. The van der Waals surface area contributed by atoms with Crippen molar-refractivity contribution in [2.24, 2.45) is 11.8 Å². The molecule has 1 aromatic heterocycles. The number of aryl methyl sites for hydroxylation is 1. The summed E-state index contributed by atoms with van der Waals surface area (Å²) in [7, 11) is 0. The Bertz CT molecular complexity index is 1960. The zero-order chi connectivity index (χ0) is 31.8. The van der Waals surface area contributed by atoms with Gasteiger partial charge >= 0.3 is 0 Å². The van der Waals surface area contributed by atoms with E-state index in [4.69, 9.17) is 11.6 Å². The van der Waals surface area contributed by atoms with E-state index in [0.29, 0.717) is 36.7 Å². The van der Waals surface area contributed by atoms with Gasteiger partial charge in [0.15, 0.2) is 4.34 Å². The number of hydrogen-bond acceptors (Lipinski definition) is 9. The van der Waals surface area contributed by atoms with Crippen molar-refractivity contribution in [3.63, 3.8) is 0 Å². The quantitative estimate of drug-likeness (QED) is 0.0705. The Labute approximate surface area is 270 Å². The summed E-state index contributed by atoms with van der Waals surface area (Å²) in [6.07, 6.45) is 4.64. The minimum atomic E-state index is -0.677. The van der Waals surface area contributed by atoms with Gasteiger partial charge in [-0.1, -0.05) is 48.3 Å². The normalized spacial score (nSPS) is 18.2. The molecule has 1 aliphatic carbocycles. The van der Waals surface area contributed by atoms with Crippen LogP contribution in [0.1, 0.15) is 36.8 Å². The van der Waals surface area contributed by atoms with Gasteiger partial charge in [0, 0.05) is 16.8 Å². The predicted molar refractivity (Wildman–Crippen MR) is 173 cm³/mol. The topological polar surface area (TPSA) is 146 Å². The fourth-order valence-corrected chi connectivity index (χ4v) is 7.95. The van der Waals surface area contributed by atoms with Crippen LogP contribution in [0.2, 0.25) is 5.02 Å². The summed E-state index contributed by atoms with van der Waals surface area (Å²) < 4.78 is 1.28. The number of aromatic nitrogens is 1. The molecule has 2 heterocycles. The van der Waals surface area contributed by atoms with Gasteiger partial charge in [0.1, 0.15) is 11.6 Å². The molecule has 2 fully saturated rings. The number of halogens is 1. The van der Waals surface area contributed by atoms with E-state index in [1.807, 2.05) is 13.0 Å². The molecule has 0 bridgehead atoms. The number of rotatable bonds is 7. The van der Waals surface area contributed by atoms with Gasteiger partial charge in [-0.05, 0) is 73.4 Å². The van der Waals surface area contributed by atoms with Crippen LogP contribution in [-0.2, 0) is 14.4 Å². The molecule has 2 atom stereocenters. The van der Waals surface area contributed by atoms with Crippen LogP contribution in [0.15, 0.2) is 69.4 Å². The second-order valence-corrected chi connectivity index (χ2v) is 13.5. The van der Waals surface area contributed by atoms with Crippen LogP contribution in [0, 0.1) is 40.2 Å². The van der Waals surface area contributed by atoms with E-state index < -0.39 is 10.8 Å². The maximum atomic E-state index is 13.1. The Hall–Kier alpha value is -4.57. The lowest BCUT2D eigenvalue weighted by atomic mass is 9.81. The first kappa shape index (κ1) is 30.5. The first-order valence-corrected chi connectivity index (χ1v) is 16.1. The lowest BCUT2D eigenvalue weighted by Gasteiger charge is -2.19. The van der Waals surface area contributed by atoms with Gasteiger partial charge in [0.05, 0.1) is 37.6 Å². The number of anilines is 2. The van der Waals surface area contributed by atoms with Crippen LogP contribution in [0.3, 0.4) is 0 Å². The van der Waals surface area contributed by atoms with Crippen molar-refractivity contribution in [3.05, 3.63) is 86.4 Å². The number of nitro groups is 1. The van der Waals surface area contributed by atoms with Gasteiger partial charge in [0.25, 0.3) is 11.6 Å². The number of nitrogens with one attached hydrogen (secondary N) is 1. The zero-order valence-corrected chi connectivity index (χ0v) is 26.2. The van der Waals surface area contributed by atoms with Crippen LogP contribution in [0.5, 0.6) is 0 Å². The smallest absolute Gasteiger partial charge is 0.283 e. The van der Waals surface area contributed by atoms with Gasteiger partial charge in [-0.25, -0.2) is 4.98 Å². The number of fused-ring (bicyclic) bond motifs is 2. The molecule has 6 rings (SSSR count). The SMILES string of the molecule is Cc1ccc(NC(=O)/C(C#N)=C/c2ccc(Sc3nc4ccc(N5C(=O)[C@H]6CCCC[C@@H]6C5=O)cc4s3)c([N+](=O)[O-])c2)cc1Cl. The molecule has 1 N–H and O–H groups in total. The molecular formula is C32H24ClN5O5S2. The molecule has 1 aliphatic heterocycles. The number of nitrogens with zero attached hydrogens (tertiary/aromatic N) is 4. The van der Waals surface area contributed by atoms with E-state index in [0.717, 1.165) is 47.7 Å². The molecule has 1 saturated carbocycles. The summed E-state index contributed by atoms with van der Waals surface area (Å²) in [5, 5.41) is 24.7. The van der Waals surface area contributed by atoms with E-state index >= 15 is 0 Å². The number of imide groups is 1. The Morgan fingerprint density at radius 1 is 1.13 bits per heavy atom. The van der Waals surface area contributed by atoms with E-state index in [1.54, 1.807) is 48.5 Å². The third-order valence-electron chi connectivity index (χ3n) is 7.93. The molecule has 1 saturated heterocycles. The largest absolute Gasteiger partial charge is 0.321 e. The summed E-state index contributed by atoms with van der Waals surface area (Å²) in [4.78, 5) is 56.6. The Kier molecular flexibility index (Phi) is 8.42. The standard InChI is InChI=1S/C32H24ClN5O5S2/c1-17-6-8-20(14-24(17)33)35-29(39)19(16-34)12-18-7-11-27(26(13-18)38(42)43)44-32-36-25-10-9-21(15-28(25)45-32)37-30(40)22-4-2-3-5-23(22)31(37)41/h6-15,22-23H,2-5H2,1H3,(H,35,39)/b19-12+/t22-,23-/m0/s1. The van der Waals surface area contributed by atoms with Crippen LogP contribution < -0.4 is 10.2 Å². The Morgan fingerprint density at radius 3 is 2.53 bits per heavy atom. The van der Waals surface area contributed by atoms with Crippen LogP contribution in [0.25, 0.3) is 16.3 Å². The molecule has 2 aliphatic rings. The lowest BCUT2D eigenvalue weighted by Crippen LogP contribution is -2.30. The van der Waals surface area contributed by atoms with Crippen molar-refractivity contribution in [2.45, 2.75) is 41.8 Å². The first-order valence-electron chi connectivity index (χ1n) is 14.1. The number of carbonyl (C=O) groups is 3. The number of carbonyl (C=O) groups excluding carboxylic acids is 3. The number of thiazole rings is 1. The number of nitriles is 1. The molecule has 45 heavy (non-hydrogen) atoms. The first-order chi connectivity index (χ1) is 21.6. The highest BCUT2D eigenvalue weighted by atomic mass is 35.5.